The summed E-state index contributed by atoms with van der Waals surface area (Å²) in [5.74, 6) is 2.93. The molecule has 1 unspecified atom stereocenters. The summed E-state index contributed by atoms with van der Waals surface area (Å²) in [6.07, 6.45) is 1.21. The maximum absolute atomic E-state index is 5.45. The predicted octanol–water partition coefficient (Wildman–Crippen LogP) is 2.10. The molecule has 0 saturated carbocycles. The smallest absolute Gasteiger partial charge is 0.232 e. The normalized spacial score (nSPS) is 21.6. The summed E-state index contributed by atoms with van der Waals surface area (Å²) in [6, 6.07) is 0. The number of halogens is 1. The minimum Gasteiger partial charge on any atom is -0.379 e. The van der Waals surface area contributed by atoms with Crippen molar-refractivity contribution in [3.8, 4) is 0 Å². The van der Waals surface area contributed by atoms with Gasteiger partial charge in [0.1, 0.15) is 6.54 Å². The molecule has 1 aromatic rings. The van der Waals surface area contributed by atoms with Crippen LogP contribution in [0, 0.1) is 5.92 Å². The van der Waals surface area contributed by atoms with E-state index in [0.29, 0.717) is 24.2 Å². The van der Waals surface area contributed by atoms with E-state index >= 15 is 0 Å². The van der Waals surface area contributed by atoms with Crippen molar-refractivity contribution in [3.63, 3.8) is 0 Å². The lowest BCUT2D eigenvalue weighted by Crippen LogP contribution is -2.42. The van der Waals surface area contributed by atoms with Crippen LogP contribution in [0.4, 0.5) is 0 Å². The third kappa shape index (κ3) is 6.55. The molecule has 28 heavy (non-hydrogen) atoms. The number of hydrogen-bond donors (Lipinski definition) is 1. The van der Waals surface area contributed by atoms with Gasteiger partial charge in [-0.05, 0) is 19.3 Å². The Morgan fingerprint density at radius 2 is 2.00 bits per heavy atom. The highest BCUT2D eigenvalue weighted by atomic mass is 127. The van der Waals surface area contributed by atoms with Gasteiger partial charge in [-0.25, -0.2) is 4.99 Å². The first kappa shape index (κ1) is 23.3. The van der Waals surface area contributed by atoms with Crippen LogP contribution in [-0.4, -0.2) is 78.4 Å². The van der Waals surface area contributed by atoms with Crippen molar-refractivity contribution in [3.05, 3.63) is 11.7 Å². The Kier molecular flexibility index (Phi) is 8.94. The molecular weight excluding hydrogens is 471 g/mol. The zero-order chi connectivity index (χ0) is 19.3. The van der Waals surface area contributed by atoms with Crippen LogP contribution >= 0.6 is 24.0 Å². The van der Waals surface area contributed by atoms with E-state index in [1.807, 2.05) is 0 Å². The van der Waals surface area contributed by atoms with Gasteiger partial charge in [0, 0.05) is 44.7 Å². The summed E-state index contributed by atoms with van der Waals surface area (Å²) in [7, 11) is 0. The molecule has 2 aliphatic rings. The number of hydrogen-bond acceptors (Lipinski definition) is 6. The van der Waals surface area contributed by atoms with Crippen molar-refractivity contribution in [2.45, 2.75) is 46.1 Å². The van der Waals surface area contributed by atoms with Crippen molar-refractivity contribution >= 4 is 29.9 Å². The molecule has 0 spiro atoms. The van der Waals surface area contributed by atoms with E-state index < -0.39 is 0 Å². The second-order valence-electron chi connectivity index (χ2n) is 8.45. The molecule has 160 valence electrons. The zero-order valence-corrected chi connectivity index (χ0v) is 19.9. The van der Waals surface area contributed by atoms with Crippen LogP contribution in [0.25, 0.3) is 0 Å². The van der Waals surface area contributed by atoms with Gasteiger partial charge >= 0.3 is 0 Å². The van der Waals surface area contributed by atoms with Gasteiger partial charge in [-0.1, -0.05) is 25.9 Å². The van der Waals surface area contributed by atoms with Crippen molar-refractivity contribution in [1.82, 2.24) is 25.3 Å². The second kappa shape index (κ2) is 10.7. The summed E-state index contributed by atoms with van der Waals surface area (Å²) in [5, 5.41) is 7.49. The van der Waals surface area contributed by atoms with Crippen LogP contribution < -0.4 is 5.32 Å². The minimum atomic E-state index is -0.138. The van der Waals surface area contributed by atoms with Crippen LogP contribution in [-0.2, 0) is 16.7 Å². The Labute approximate surface area is 185 Å². The van der Waals surface area contributed by atoms with E-state index in [1.54, 1.807) is 0 Å². The monoisotopic (exact) mass is 506 g/mol. The van der Waals surface area contributed by atoms with Gasteiger partial charge in [0.05, 0.1) is 13.2 Å². The largest absolute Gasteiger partial charge is 0.379 e. The fourth-order valence-electron chi connectivity index (χ4n) is 3.52. The quantitative estimate of drug-likeness (QED) is 0.372. The van der Waals surface area contributed by atoms with Gasteiger partial charge in [0.2, 0.25) is 5.89 Å². The second-order valence-corrected chi connectivity index (χ2v) is 8.45. The van der Waals surface area contributed by atoms with Crippen LogP contribution in [0.2, 0.25) is 0 Å². The summed E-state index contributed by atoms with van der Waals surface area (Å²) in [4.78, 5) is 14.1. The maximum atomic E-state index is 5.45. The number of guanidine groups is 1. The Hall–Kier alpha value is -0.940. The highest BCUT2D eigenvalue weighted by Crippen LogP contribution is 2.20. The molecule has 0 bridgehead atoms. The van der Waals surface area contributed by atoms with Gasteiger partial charge in [-0.2, -0.15) is 4.98 Å². The van der Waals surface area contributed by atoms with Gasteiger partial charge in [0.15, 0.2) is 11.8 Å². The predicted molar refractivity (Wildman–Crippen MR) is 120 cm³/mol. The number of rotatable bonds is 5. The summed E-state index contributed by atoms with van der Waals surface area (Å²) in [5.41, 5.74) is -0.138. The summed E-state index contributed by atoms with van der Waals surface area (Å²) >= 11 is 0. The average molecular weight is 506 g/mol. The molecule has 1 N–H and O–H groups in total. The molecule has 0 aliphatic carbocycles. The lowest BCUT2D eigenvalue weighted by atomic mass is 9.97. The van der Waals surface area contributed by atoms with Crippen molar-refractivity contribution in [2.24, 2.45) is 10.9 Å². The van der Waals surface area contributed by atoms with Crippen molar-refractivity contribution in [2.75, 3.05) is 52.5 Å². The molecule has 0 aromatic carbocycles. The molecule has 3 heterocycles. The van der Waals surface area contributed by atoms with E-state index in [-0.39, 0.29) is 29.4 Å². The van der Waals surface area contributed by atoms with Crippen LogP contribution in [0.1, 0.15) is 45.8 Å². The fraction of sp³-hybridized carbons (Fsp3) is 0.842. The van der Waals surface area contributed by atoms with Gasteiger partial charge < -0.3 is 19.5 Å². The average Bonchev–Trinajstić information content (AvgIpc) is 3.29. The Balaban J connectivity index is 0.00000280. The third-order valence-corrected chi connectivity index (χ3v) is 5.02. The maximum Gasteiger partial charge on any atom is 0.232 e. The standard InChI is InChI=1S/C19H34N6O2.HI/c1-5-20-18(21-12-16-22-17(27-23-16)19(2,3)4)25-7-6-15(14-25)13-24-8-10-26-11-9-24;/h15H,5-14H2,1-4H3,(H,20,21);1H. The van der Waals surface area contributed by atoms with Crippen LogP contribution in [0.3, 0.4) is 0 Å². The highest BCUT2D eigenvalue weighted by molar-refractivity contribution is 14.0. The van der Waals surface area contributed by atoms with Gasteiger partial charge in [-0.3, -0.25) is 4.90 Å². The molecule has 1 atom stereocenters. The zero-order valence-electron chi connectivity index (χ0n) is 17.6. The number of aromatic nitrogens is 2. The molecule has 2 aliphatic heterocycles. The fourth-order valence-corrected chi connectivity index (χ4v) is 3.52. The lowest BCUT2D eigenvalue weighted by molar-refractivity contribution is 0.0315. The van der Waals surface area contributed by atoms with E-state index in [2.05, 4.69) is 53.0 Å². The molecule has 8 nitrogen and oxygen atoms in total. The summed E-state index contributed by atoms with van der Waals surface area (Å²) in [6.45, 7) is 16.7. The topological polar surface area (TPSA) is 79.0 Å². The number of morpholine rings is 1. The SMILES string of the molecule is CCNC(=NCc1noc(C(C)(C)C)n1)N1CCC(CN2CCOCC2)C1.I. The number of ether oxygens (including phenoxy) is 1. The molecule has 0 radical (unpaired) electrons. The van der Waals surface area contributed by atoms with Crippen molar-refractivity contribution < 1.29 is 9.26 Å². The van der Waals surface area contributed by atoms with Crippen LogP contribution in [0.15, 0.2) is 9.52 Å². The summed E-state index contributed by atoms with van der Waals surface area (Å²) < 4.78 is 10.8. The molecule has 2 saturated heterocycles. The molecule has 1 aromatic heterocycles. The van der Waals surface area contributed by atoms with E-state index in [4.69, 9.17) is 14.3 Å². The van der Waals surface area contributed by atoms with Gasteiger partial charge in [0.25, 0.3) is 0 Å². The van der Waals surface area contributed by atoms with E-state index in [1.165, 1.54) is 6.42 Å². The van der Waals surface area contributed by atoms with Crippen molar-refractivity contribution in [1.29, 1.82) is 0 Å². The Bertz CT molecular complexity index is 624. The number of aliphatic imine (C=N–C) groups is 1. The van der Waals surface area contributed by atoms with Gasteiger partial charge in [-0.15, -0.1) is 24.0 Å². The molecular formula is C19H35IN6O2. The Morgan fingerprint density at radius 3 is 2.64 bits per heavy atom. The number of likely N-dealkylation sites (tertiary alicyclic amines) is 1. The third-order valence-electron chi connectivity index (χ3n) is 5.02. The molecule has 3 rings (SSSR count). The van der Waals surface area contributed by atoms with E-state index in [0.717, 1.165) is 58.4 Å². The van der Waals surface area contributed by atoms with E-state index in [9.17, 15) is 0 Å². The molecule has 2 fully saturated rings. The Morgan fingerprint density at radius 1 is 1.25 bits per heavy atom. The van der Waals surface area contributed by atoms with Crippen LogP contribution in [0.5, 0.6) is 0 Å². The molecule has 0 amide bonds. The number of nitrogens with one attached hydrogen (secondary N) is 1. The minimum absolute atomic E-state index is 0. The first-order chi connectivity index (χ1) is 13.0. The first-order valence-electron chi connectivity index (χ1n) is 10.1. The number of nitrogens with zero attached hydrogens (tertiary/aromatic N) is 5. The highest BCUT2D eigenvalue weighted by Gasteiger charge is 2.27. The first-order valence-corrected chi connectivity index (χ1v) is 10.1. The molecule has 9 heteroatoms. The lowest BCUT2D eigenvalue weighted by Gasteiger charge is -2.29.